The number of rotatable bonds is 4. The van der Waals surface area contributed by atoms with Crippen molar-refractivity contribution in [3.8, 4) is 0 Å². The maximum absolute atomic E-state index is 11.4. The number of benzene rings is 1. The molecule has 1 unspecified atom stereocenters. The average molecular weight is 233 g/mol. The van der Waals surface area contributed by atoms with Gasteiger partial charge in [0.25, 0.3) is 0 Å². The van der Waals surface area contributed by atoms with E-state index in [0.29, 0.717) is 6.61 Å². The van der Waals surface area contributed by atoms with E-state index in [0.717, 1.165) is 12.0 Å². The number of fused-ring (bicyclic) bond motifs is 1. The highest BCUT2D eigenvalue weighted by atomic mass is 16.5. The molecule has 0 bridgehead atoms. The molecule has 17 heavy (non-hydrogen) atoms. The Morgan fingerprint density at radius 1 is 1.41 bits per heavy atom. The third-order valence-corrected chi connectivity index (χ3v) is 3.24. The number of hydrogen-bond donors (Lipinski definition) is 1. The molecule has 0 spiro atoms. The Morgan fingerprint density at radius 3 is 2.94 bits per heavy atom. The van der Waals surface area contributed by atoms with E-state index in [2.05, 4.69) is 12.1 Å². The van der Waals surface area contributed by atoms with Gasteiger partial charge < -0.3 is 10.5 Å². The van der Waals surface area contributed by atoms with Gasteiger partial charge >= 0.3 is 5.97 Å². The molecule has 2 N–H and O–H groups in total. The molecule has 3 heteroatoms. The normalized spacial score (nSPS) is 15.4. The van der Waals surface area contributed by atoms with Crippen LogP contribution in [-0.2, 0) is 22.4 Å². The first-order chi connectivity index (χ1) is 8.20. The Hall–Kier alpha value is -1.35. The number of esters is 1. The standard InChI is InChI=1S/C14H19NO2/c1-2-17-14(16)9-13(15)12-7-6-10-4-3-5-11(10)8-12/h6-8,13H,2-5,9,15H2,1H3. The summed E-state index contributed by atoms with van der Waals surface area (Å²) in [6, 6.07) is 6.07. The fourth-order valence-corrected chi connectivity index (χ4v) is 2.34. The van der Waals surface area contributed by atoms with Gasteiger partial charge in [-0.15, -0.1) is 0 Å². The van der Waals surface area contributed by atoms with Crippen LogP contribution in [0, 0.1) is 0 Å². The third kappa shape index (κ3) is 2.86. The summed E-state index contributed by atoms with van der Waals surface area (Å²) in [7, 11) is 0. The zero-order valence-electron chi connectivity index (χ0n) is 10.2. The molecule has 1 atom stereocenters. The summed E-state index contributed by atoms with van der Waals surface area (Å²) in [6.45, 7) is 2.22. The molecule has 92 valence electrons. The highest BCUT2D eigenvalue weighted by Gasteiger charge is 2.16. The van der Waals surface area contributed by atoms with Gasteiger partial charge in [0.2, 0.25) is 0 Å². The number of hydrogen-bond acceptors (Lipinski definition) is 3. The topological polar surface area (TPSA) is 52.3 Å². The van der Waals surface area contributed by atoms with Gasteiger partial charge in [-0.2, -0.15) is 0 Å². The highest BCUT2D eigenvalue weighted by Crippen LogP contribution is 2.25. The van der Waals surface area contributed by atoms with Gasteiger partial charge in [0.05, 0.1) is 13.0 Å². The Balaban J connectivity index is 2.04. The molecule has 2 rings (SSSR count). The van der Waals surface area contributed by atoms with Crippen LogP contribution in [-0.4, -0.2) is 12.6 Å². The van der Waals surface area contributed by atoms with Crippen LogP contribution >= 0.6 is 0 Å². The molecule has 3 nitrogen and oxygen atoms in total. The maximum Gasteiger partial charge on any atom is 0.307 e. The second kappa shape index (κ2) is 5.32. The van der Waals surface area contributed by atoms with Crippen LogP contribution < -0.4 is 5.73 Å². The lowest BCUT2D eigenvalue weighted by Crippen LogP contribution is -2.17. The number of aryl methyl sites for hydroxylation is 2. The molecule has 0 radical (unpaired) electrons. The molecule has 1 aromatic carbocycles. The lowest BCUT2D eigenvalue weighted by atomic mass is 10.00. The summed E-state index contributed by atoms with van der Waals surface area (Å²) in [4.78, 5) is 11.4. The van der Waals surface area contributed by atoms with Crippen molar-refractivity contribution in [2.45, 2.75) is 38.6 Å². The summed E-state index contributed by atoms with van der Waals surface area (Å²) in [5.41, 5.74) is 9.88. The van der Waals surface area contributed by atoms with E-state index in [1.807, 2.05) is 6.07 Å². The second-order valence-corrected chi connectivity index (χ2v) is 4.50. The fraction of sp³-hybridized carbons (Fsp3) is 0.500. The van der Waals surface area contributed by atoms with E-state index in [-0.39, 0.29) is 18.4 Å². The molecule has 0 saturated heterocycles. The first-order valence-corrected chi connectivity index (χ1v) is 6.23. The van der Waals surface area contributed by atoms with Crippen molar-refractivity contribution in [3.63, 3.8) is 0 Å². The molecule has 0 amide bonds. The van der Waals surface area contributed by atoms with E-state index in [1.54, 1.807) is 6.92 Å². The summed E-state index contributed by atoms with van der Waals surface area (Å²) in [5.74, 6) is -0.222. The van der Waals surface area contributed by atoms with Crippen molar-refractivity contribution in [2.24, 2.45) is 5.73 Å². The number of carbonyl (C=O) groups excluding carboxylic acids is 1. The van der Waals surface area contributed by atoms with E-state index in [1.165, 1.54) is 24.0 Å². The van der Waals surface area contributed by atoms with Gasteiger partial charge in [-0.3, -0.25) is 4.79 Å². The van der Waals surface area contributed by atoms with E-state index >= 15 is 0 Å². The van der Waals surface area contributed by atoms with Crippen LogP contribution in [0.1, 0.15) is 42.5 Å². The van der Waals surface area contributed by atoms with Gasteiger partial charge in [0.15, 0.2) is 0 Å². The van der Waals surface area contributed by atoms with E-state index < -0.39 is 0 Å². The van der Waals surface area contributed by atoms with Gasteiger partial charge in [-0.05, 0) is 42.9 Å². The zero-order chi connectivity index (χ0) is 12.3. The smallest absolute Gasteiger partial charge is 0.307 e. The van der Waals surface area contributed by atoms with Crippen molar-refractivity contribution in [1.29, 1.82) is 0 Å². The van der Waals surface area contributed by atoms with Crippen LogP contribution in [0.5, 0.6) is 0 Å². The molecule has 0 aromatic heterocycles. The van der Waals surface area contributed by atoms with Gasteiger partial charge in [-0.1, -0.05) is 18.2 Å². The van der Waals surface area contributed by atoms with Crippen molar-refractivity contribution < 1.29 is 9.53 Å². The average Bonchev–Trinajstić information content (AvgIpc) is 2.75. The van der Waals surface area contributed by atoms with Crippen LogP contribution in [0.25, 0.3) is 0 Å². The summed E-state index contributed by atoms with van der Waals surface area (Å²) in [5, 5.41) is 0. The van der Waals surface area contributed by atoms with Crippen LogP contribution in [0.3, 0.4) is 0 Å². The van der Waals surface area contributed by atoms with Crippen LogP contribution in [0.15, 0.2) is 18.2 Å². The summed E-state index contributed by atoms with van der Waals surface area (Å²) < 4.78 is 4.91. The predicted octanol–water partition coefficient (Wildman–Crippen LogP) is 2.13. The van der Waals surface area contributed by atoms with Crippen molar-refractivity contribution in [3.05, 3.63) is 34.9 Å². The fourth-order valence-electron chi connectivity index (χ4n) is 2.34. The second-order valence-electron chi connectivity index (χ2n) is 4.50. The maximum atomic E-state index is 11.4. The summed E-state index contributed by atoms with van der Waals surface area (Å²) in [6.07, 6.45) is 3.79. The first-order valence-electron chi connectivity index (χ1n) is 6.23. The number of nitrogens with two attached hydrogens (primary N) is 1. The molecule has 1 aromatic rings. The van der Waals surface area contributed by atoms with E-state index in [4.69, 9.17) is 10.5 Å². The van der Waals surface area contributed by atoms with Crippen molar-refractivity contribution in [2.75, 3.05) is 6.61 Å². The Morgan fingerprint density at radius 2 is 2.18 bits per heavy atom. The lowest BCUT2D eigenvalue weighted by Gasteiger charge is -2.12. The molecule has 0 fully saturated rings. The van der Waals surface area contributed by atoms with Crippen LogP contribution in [0.4, 0.5) is 0 Å². The largest absolute Gasteiger partial charge is 0.466 e. The monoisotopic (exact) mass is 233 g/mol. The van der Waals surface area contributed by atoms with Crippen LogP contribution in [0.2, 0.25) is 0 Å². The first kappa shape index (κ1) is 12.1. The zero-order valence-corrected chi connectivity index (χ0v) is 10.2. The van der Waals surface area contributed by atoms with E-state index in [9.17, 15) is 4.79 Å². The minimum atomic E-state index is -0.250. The Bertz CT molecular complexity index is 415. The summed E-state index contributed by atoms with van der Waals surface area (Å²) >= 11 is 0. The molecule has 0 heterocycles. The Labute approximate surface area is 102 Å². The SMILES string of the molecule is CCOC(=O)CC(N)c1ccc2c(c1)CCC2. The van der Waals surface area contributed by atoms with Gasteiger partial charge in [0, 0.05) is 6.04 Å². The third-order valence-electron chi connectivity index (χ3n) is 3.24. The molecule has 1 aliphatic carbocycles. The molecular formula is C14H19NO2. The predicted molar refractivity (Wildman–Crippen MR) is 66.6 cm³/mol. The van der Waals surface area contributed by atoms with Gasteiger partial charge in [0.1, 0.15) is 0 Å². The van der Waals surface area contributed by atoms with Crippen molar-refractivity contribution >= 4 is 5.97 Å². The molecule has 0 saturated carbocycles. The quantitative estimate of drug-likeness (QED) is 0.810. The minimum Gasteiger partial charge on any atom is -0.466 e. The van der Waals surface area contributed by atoms with Crippen molar-refractivity contribution in [1.82, 2.24) is 0 Å². The Kier molecular flexibility index (Phi) is 3.79. The molecule has 0 aliphatic heterocycles. The van der Waals surface area contributed by atoms with Gasteiger partial charge in [-0.25, -0.2) is 0 Å². The number of carbonyl (C=O) groups is 1. The molecule has 1 aliphatic rings. The highest BCUT2D eigenvalue weighted by molar-refractivity contribution is 5.70. The lowest BCUT2D eigenvalue weighted by molar-refractivity contribution is -0.143. The molecular weight excluding hydrogens is 214 g/mol. The minimum absolute atomic E-state index is 0.222. The number of ether oxygens (including phenoxy) is 1.